The number of benzene rings is 1. The zero-order valence-corrected chi connectivity index (χ0v) is 12.5. The van der Waals surface area contributed by atoms with Gasteiger partial charge in [-0.25, -0.2) is 0 Å². The molecule has 2 rings (SSSR count). The fourth-order valence-electron chi connectivity index (χ4n) is 1.99. The van der Waals surface area contributed by atoms with Crippen LogP contribution in [0.25, 0.3) is 0 Å². The van der Waals surface area contributed by atoms with Crippen molar-refractivity contribution < 1.29 is 4.74 Å². The lowest BCUT2D eigenvalue weighted by Crippen LogP contribution is -2.29. The Bertz CT molecular complexity index is 539. The third-order valence-electron chi connectivity index (χ3n) is 3.19. The highest BCUT2D eigenvalue weighted by Gasteiger charge is 2.13. The van der Waals surface area contributed by atoms with Gasteiger partial charge in [0.25, 0.3) is 0 Å². The lowest BCUT2D eigenvalue weighted by atomic mass is 10.0. The Labute approximate surface area is 124 Å². The van der Waals surface area contributed by atoms with Gasteiger partial charge in [0.05, 0.1) is 19.7 Å². The SMILES string of the molecule is CCCCOc1ccc(C(Cc2nnn(C)n2)NN)cc1. The quantitative estimate of drug-likeness (QED) is 0.430. The van der Waals surface area contributed by atoms with Crippen molar-refractivity contribution in [3.05, 3.63) is 35.7 Å². The Kier molecular flexibility index (Phi) is 5.65. The Morgan fingerprint density at radius 3 is 2.67 bits per heavy atom. The fourth-order valence-corrected chi connectivity index (χ4v) is 1.99. The number of hydrogen-bond acceptors (Lipinski definition) is 6. The summed E-state index contributed by atoms with van der Waals surface area (Å²) in [4.78, 5) is 1.44. The van der Waals surface area contributed by atoms with E-state index in [1.54, 1.807) is 7.05 Å². The van der Waals surface area contributed by atoms with E-state index in [4.69, 9.17) is 10.6 Å². The summed E-state index contributed by atoms with van der Waals surface area (Å²) in [6.07, 6.45) is 2.77. The van der Waals surface area contributed by atoms with Crippen LogP contribution >= 0.6 is 0 Å². The fraction of sp³-hybridized carbons (Fsp3) is 0.500. The zero-order valence-electron chi connectivity index (χ0n) is 12.5. The maximum absolute atomic E-state index is 5.65. The predicted octanol–water partition coefficient (Wildman–Crippen LogP) is 1.14. The average Bonchev–Trinajstić information content (AvgIpc) is 2.91. The summed E-state index contributed by atoms with van der Waals surface area (Å²) in [5.74, 6) is 7.16. The summed E-state index contributed by atoms with van der Waals surface area (Å²) in [5.41, 5.74) is 3.85. The molecule has 114 valence electrons. The average molecular weight is 290 g/mol. The van der Waals surface area contributed by atoms with Crippen molar-refractivity contribution in [3.63, 3.8) is 0 Å². The number of aromatic nitrogens is 4. The van der Waals surface area contributed by atoms with E-state index in [0.29, 0.717) is 12.2 Å². The summed E-state index contributed by atoms with van der Waals surface area (Å²) in [6.45, 7) is 2.89. The summed E-state index contributed by atoms with van der Waals surface area (Å²) in [5, 5.41) is 12.0. The van der Waals surface area contributed by atoms with Crippen LogP contribution in [0.4, 0.5) is 0 Å². The number of nitrogens with one attached hydrogen (secondary N) is 1. The topological polar surface area (TPSA) is 90.9 Å². The van der Waals surface area contributed by atoms with Gasteiger partial charge in [0.1, 0.15) is 5.75 Å². The number of aryl methyl sites for hydroxylation is 1. The van der Waals surface area contributed by atoms with Crippen molar-refractivity contribution in [2.45, 2.75) is 32.2 Å². The van der Waals surface area contributed by atoms with Gasteiger partial charge >= 0.3 is 0 Å². The van der Waals surface area contributed by atoms with Crippen LogP contribution in [0.15, 0.2) is 24.3 Å². The first-order chi connectivity index (χ1) is 10.2. The summed E-state index contributed by atoms with van der Waals surface area (Å²) in [7, 11) is 1.74. The molecule has 0 amide bonds. The number of nitrogens with two attached hydrogens (primary N) is 1. The molecule has 0 aliphatic rings. The van der Waals surface area contributed by atoms with Gasteiger partial charge in [-0.1, -0.05) is 25.5 Å². The van der Waals surface area contributed by atoms with Gasteiger partial charge in [0, 0.05) is 6.42 Å². The van der Waals surface area contributed by atoms with E-state index >= 15 is 0 Å². The minimum Gasteiger partial charge on any atom is -0.494 e. The Balaban J connectivity index is 1.98. The Hall–Kier alpha value is -1.99. The van der Waals surface area contributed by atoms with Crippen molar-refractivity contribution in [2.24, 2.45) is 12.9 Å². The van der Waals surface area contributed by atoms with Crippen LogP contribution in [-0.2, 0) is 13.5 Å². The monoisotopic (exact) mass is 290 g/mol. The lowest BCUT2D eigenvalue weighted by Gasteiger charge is -2.15. The molecule has 1 aromatic carbocycles. The Morgan fingerprint density at radius 1 is 1.33 bits per heavy atom. The minimum atomic E-state index is -0.0566. The number of unbranched alkanes of at least 4 members (excludes halogenated alkanes) is 1. The van der Waals surface area contributed by atoms with Gasteiger partial charge in [-0.05, 0) is 29.3 Å². The van der Waals surface area contributed by atoms with Gasteiger partial charge in [-0.15, -0.1) is 10.2 Å². The van der Waals surface area contributed by atoms with Crippen LogP contribution in [0, 0.1) is 0 Å². The molecule has 0 aliphatic carbocycles. The maximum atomic E-state index is 5.65. The van der Waals surface area contributed by atoms with Crippen LogP contribution in [0.5, 0.6) is 5.75 Å². The second-order valence-electron chi connectivity index (χ2n) is 4.89. The highest BCUT2D eigenvalue weighted by atomic mass is 16.5. The summed E-state index contributed by atoms with van der Waals surface area (Å²) >= 11 is 0. The molecule has 1 atom stereocenters. The van der Waals surface area contributed by atoms with Gasteiger partial charge in [-0.3, -0.25) is 11.3 Å². The van der Waals surface area contributed by atoms with Crippen LogP contribution in [-0.4, -0.2) is 26.8 Å². The summed E-state index contributed by atoms with van der Waals surface area (Å²) < 4.78 is 5.65. The number of rotatable bonds is 8. The van der Waals surface area contributed by atoms with E-state index < -0.39 is 0 Å². The third kappa shape index (κ3) is 4.51. The van der Waals surface area contributed by atoms with Gasteiger partial charge in [0.15, 0.2) is 5.82 Å². The number of tetrazole rings is 1. The lowest BCUT2D eigenvalue weighted by molar-refractivity contribution is 0.309. The molecule has 1 heterocycles. The molecule has 0 saturated carbocycles. The van der Waals surface area contributed by atoms with E-state index in [1.165, 1.54) is 4.80 Å². The van der Waals surface area contributed by atoms with Gasteiger partial charge < -0.3 is 4.74 Å². The van der Waals surface area contributed by atoms with Crippen LogP contribution in [0.2, 0.25) is 0 Å². The number of hydrazine groups is 1. The first-order valence-corrected chi connectivity index (χ1v) is 7.14. The van der Waals surface area contributed by atoms with Crippen LogP contribution < -0.4 is 16.0 Å². The highest BCUT2D eigenvalue weighted by molar-refractivity contribution is 5.29. The molecule has 0 saturated heterocycles. The number of nitrogens with zero attached hydrogens (tertiary/aromatic N) is 4. The minimum absolute atomic E-state index is 0.0566. The standard InChI is InChI=1S/C14H22N6O/c1-3-4-9-21-12-7-5-11(6-8-12)13(16-15)10-14-17-19-20(2)18-14/h5-8,13,16H,3-4,9-10,15H2,1-2H3. The molecule has 21 heavy (non-hydrogen) atoms. The molecule has 2 aromatic rings. The van der Waals surface area contributed by atoms with Crippen molar-refractivity contribution in [2.75, 3.05) is 6.61 Å². The second-order valence-corrected chi connectivity index (χ2v) is 4.89. The maximum Gasteiger partial charge on any atom is 0.176 e. The Morgan fingerprint density at radius 2 is 2.10 bits per heavy atom. The first-order valence-electron chi connectivity index (χ1n) is 7.14. The molecule has 1 unspecified atom stereocenters. The predicted molar refractivity (Wildman–Crippen MR) is 79.4 cm³/mol. The molecule has 1 aromatic heterocycles. The largest absolute Gasteiger partial charge is 0.494 e. The molecule has 0 bridgehead atoms. The van der Waals surface area contributed by atoms with Gasteiger partial charge in [0.2, 0.25) is 0 Å². The molecule has 0 radical (unpaired) electrons. The second kappa shape index (κ2) is 7.70. The first kappa shape index (κ1) is 15.4. The van der Waals surface area contributed by atoms with E-state index in [1.807, 2.05) is 24.3 Å². The van der Waals surface area contributed by atoms with Crippen LogP contribution in [0.3, 0.4) is 0 Å². The van der Waals surface area contributed by atoms with Crippen LogP contribution in [0.1, 0.15) is 37.2 Å². The van der Waals surface area contributed by atoms with Crippen molar-refractivity contribution in [3.8, 4) is 5.75 Å². The number of ether oxygens (including phenoxy) is 1. The number of hydrogen-bond donors (Lipinski definition) is 2. The molecular weight excluding hydrogens is 268 g/mol. The molecular formula is C14H22N6O. The molecule has 0 fully saturated rings. The molecule has 7 heteroatoms. The van der Waals surface area contributed by atoms with E-state index in [-0.39, 0.29) is 6.04 Å². The zero-order chi connectivity index (χ0) is 15.1. The molecule has 3 N–H and O–H groups in total. The molecule has 7 nitrogen and oxygen atoms in total. The van der Waals surface area contributed by atoms with Crippen molar-refractivity contribution in [1.29, 1.82) is 0 Å². The normalized spacial score (nSPS) is 12.3. The highest BCUT2D eigenvalue weighted by Crippen LogP contribution is 2.19. The molecule has 0 aliphatic heterocycles. The van der Waals surface area contributed by atoms with E-state index in [0.717, 1.165) is 30.8 Å². The van der Waals surface area contributed by atoms with Gasteiger partial charge in [-0.2, -0.15) is 4.80 Å². The summed E-state index contributed by atoms with van der Waals surface area (Å²) in [6, 6.07) is 7.86. The van der Waals surface area contributed by atoms with E-state index in [2.05, 4.69) is 27.8 Å². The van der Waals surface area contributed by atoms with Crippen molar-refractivity contribution >= 4 is 0 Å². The smallest absolute Gasteiger partial charge is 0.176 e. The van der Waals surface area contributed by atoms with E-state index in [9.17, 15) is 0 Å². The van der Waals surface area contributed by atoms with Crippen molar-refractivity contribution in [1.82, 2.24) is 25.6 Å². The third-order valence-corrected chi connectivity index (χ3v) is 3.19. The molecule has 0 spiro atoms.